The number of allylic oxidation sites excluding steroid dienone is 5. The molecule has 1 aromatic rings. The normalized spacial score (nSPS) is 29.6. The number of halogens is 4. The molecule has 4 N–H and O–H groups in total. The molecule has 0 aromatic heterocycles. The largest absolute Gasteiger partial charge is 0.393 e. The predicted molar refractivity (Wildman–Crippen MR) is 164 cm³/mol. The molecule has 6 atom stereocenters. The number of aliphatic hydroxyl groups excluding tert-OH is 1. The summed E-state index contributed by atoms with van der Waals surface area (Å²) in [4.78, 5) is 27.8. The molecule has 1 spiro atoms. The van der Waals surface area contributed by atoms with E-state index in [1.165, 1.54) is 24.3 Å². The highest BCUT2D eigenvalue weighted by molar-refractivity contribution is 6.31. The number of carbonyl (C=O) groups is 2. The van der Waals surface area contributed by atoms with Crippen LogP contribution in [0.2, 0.25) is 5.02 Å². The summed E-state index contributed by atoms with van der Waals surface area (Å²) >= 11 is 12.0. The fourth-order valence-electron chi connectivity index (χ4n) is 6.97. The van der Waals surface area contributed by atoms with Gasteiger partial charge < -0.3 is 21.1 Å². The number of aliphatic hydroxyl groups is 1. The van der Waals surface area contributed by atoms with Gasteiger partial charge in [-0.3, -0.25) is 9.59 Å². The molecule has 1 unspecified atom stereocenters. The minimum absolute atomic E-state index is 0.115. The van der Waals surface area contributed by atoms with Gasteiger partial charge in [-0.2, -0.15) is 0 Å². The molecule has 0 bridgehead atoms. The van der Waals surface area contributed by atoms with Crippen LogP contribution in [-0.2, 0) is 15.0 Å². The van der Waals surface area contributed by atoms with Gasteiger partial charge in [0, 0.05) is 24.2 Å². The number of hydrogen-bond acceptors (Lipinski definition) is 4. The van der Waals surface area contributed by atoms with Crippen molar-refractivity contribution in [3.63, 3.8) is 0 Å². The van der Waals surface area contributed by atoms with Crippen molar-refractivity contribution in [1.82, 2.24) is 10.6 Å². The second-order valence-corrected chi connectivity index (χ2v) is 13.8. The van der Waals surface area contributed by atoms with E-state index < -0.39 is 35.1 Å². The van der Waals surface area contributed by atoms with Gasteiger partial charge in [0.25, 0.3) is 0 Å². The van der Waals surface area contributed by atoms with Crippen molar-refractivity contribution < 1.29 is 23.5 Å². The zero-order valence-corrected chi connectivity index (χ0v) is 25.9. The van der Waals surface area contributed by atoms with Crippen LogP contribution in [0.3, 0.4) is 0 Å². The summed E-state index contributed by atoms with van der Waals surface area (Å²) in [5.74, 6) is -2.20. The highest BCUT2D eigenvalue weighted by atomic mass is 35.5. The second-order valence-electron chi connectivity index (χ2n) is 13.0. The first kappa shape index (κ1) is 32.6. The first-order valence-corrected chi connectivity index (χ1v) is 15.4. The van der Waals surface area contributed by atoms with Crippen LogP contribution in [-0.4, -0.2) is 41.7 Å². The lowest BCUT2D eigenvalue weighted by atomic mass is 9.63. The summed E-state index contributed by atoms with van der Waals surface area (Å²) in [6.07, 6.45) is 8.62. The number of anilines is 1. The van der Waals surface area contributed by atoms with Crippen LogP contribution in [0.4, 0.5) is 14.5 Å². The molecule has 42 heavy (non-hydrogen) atoms. The van der Waals surface area contributed by atoms with Crippen LogP contribution in [0.15, 0.2) is 47.8 Å². The highest BCUT2D eigenvalue weighted by Crippen LogP contribution is 2.54. The Balaban J connectivity index is 1.69. The lowest BCUT2D eigenvalue weighted by Gasteiger charge is -2.37. The van der Waals surface area contributed by atoms with E-state index in [1.807, 2.05) is 20.8 Å². The molecular weight excluding hydrogens is 583 g/mol. The smallest absolute Gasteiger partial charge is 0.237 e. The molecule has 4 rings (SSSR count). The minimum atomic E-state index is -1.32. The Hall–Kier alpha value is -2.26. The quantitative estimate of drug-likeness (QED) is 0.173. The minimum Gasteiger partial charge on any atom is -0.393 e. The van der Waals surface area contributed by atoms with Crippen molar-refractivity contribution in [2.75, 3.05) is 11.9 Å². The van der Waals surface area contributed by atoms with E-state index in [0.29, 0.717) is 30.1 Å². The summed E-state index contributed by atoms with van der Waals surface area (Å²) in [6.45, 7) is 10.0. The van der Waals surface area contributed by atoms with Crippen LogP contribution < -0.4 is 16.0 Å². The van der Waals surface area contributed by atoms with Crippen LogP contribution in [0, 0.1) is 23.1 Å². The third-order valence-corrected chi connectivity index (χ3v) is 9.43. The predicted octanol–water partition coefficient (Wildman–Crippen LogP) is 6.67. The number of amides is 2. The van der Waals surface area contributed by atoms with E-state index in [4.69, 9.17) is 23.2 Å². The molecule has 1 aromatic carbocycles. The Morgan fingerprint density at radius 1 is 1.31 bits per heavy atom. The SMILES string of the molecule is C=C/C(Cl)=C(F)\C=C/CC1[C@H](C(=O)NCCC[C@@H]2CC[C@H](O)C2)N[C@H](CC(C)(C)C)[C@]12C(=O)Nc1cc(Cl)c(F)cc12. The molecule has 1 saturated carbocycles. The van der Waals surface area contributed by atoms with Gasteiger partial charge in [0.1, 0.15) is 11.6 Å². The molecule has 2 fully saturated rings. The van der Waals surface area contributed by atoms with Gasteiger partial charge in [0.2, 0.25) is 11.8 Å². The van der Waals surface area contributed by atoms with Gasteiger partial charge in [0.05, 0.1) is 27.6 Å². The number of rotatable bonds is 10. The first-order chi connectivity index (χ1) is 19.8. The molecule has 6 nitrogen and oxygen atoms in total. The molecule has 0 radical (unpaired) electrons. The Morgan fingerprint density at radius 3 is 2.69 bits per heavy atom. The summed E-state index contributed by atoms with van der Waals surface area (Å²) in [6, 6.07) is 1.35. The lowest BCUT2D eigenvalue weighted by molar-refractivity contribution is -0.125. The summed E-state index contributed by atoms with van der Waals surface area (Å²) in [5, 5.41) is 18.9. The topological polar surface area (TPSA) is 90.5 Å². The van der Waals surface area contributed by atoms with Crippen molar-refractivity contribution in [3.05, 3.63) is 64.2 Å². The van der Waals surface area contributed by atoms with E-state index in [1.54, 1.807) is 6.08 Å². The molecule has 2 amide bonds. The van der Waals surface area contributed by atoms with Crippen molar-refractivity contribution in [2.45, 2.75) is 89.3 Å². The second kappa shape index (κ2) is 13.2. The number of benzene rings is 1. The van der Waals surface area contributed by atoms with Gasteiger partial charge in [0.15, 0.2) is 0 Å². The van der Waals surface area contributed by atoms with E-state index in [9.17, 15) is 23.5 Å². The number of nitrogens with one attached hydrogen (secondary N) is 3. The van der Waals surface area contributed by atoms with E-state index in [2.05, 4.69) is 22.5 Å². The number of carbonyl (C=O) groups excluding carboxylic acids is 2. The monoisotopic (exact) mass is 623 g/mol. The zero-order valence-electron chi connectivity index (χ0n) is 24.4. The summed E-state index contributed by atoms with van der Waals surface area (Å²) < 4.78 is 29.4. The van der Waals surface area contributed by atoms with Crippen molar-refractivity contribution in [3.8, 4) is 0 Å². The van der Waals surface area contributed by atoms with E-state index in [0.717, 1.165) is 32.1 Å². The maximum Gasteiger partial charge on any atom is 0.237 e. The summed E-state index contributed by atoms with van der Waals surface area (Å²) in [5.41, 5.74) is -0.725. The lowest BCUT2D eigenvalue weighted by Crippen LogP contribution is -2.50. The maximum absolute atomic E-state index is 14.9. The molecule has 1 aliphatic carbocycles. The molecule has 3 aliphatic rings. The molecule has 10 heteroatoms. The fraction of sp³-hybridized carbons (Fsp3) is 0.562. The van der Waals surface area contributed by atoms with Crippen molar-refractivity contribution >= 4 is 40.7 Å². The number of fused-ring (bicyclic) bond motifs is 2. The number of hydrogen-bond donors (Lipinski definition) is 4. The molecule has 1 saturated heterocycles. The molecular formula is C32H41Cl2F2N3O3. The molecule has 230 valence electrons. The Morgan fingerprint density at radius 2 is 2.05 bits per heavy atom. The van der Waals surface area contributed by atoms with Gasteiger partial charge >= 0.3 is 0 Å². The zero-order chi connectivity index (χ0) is 30.8. The highest BCUT2D eigenvalue weighted by Gasteiger charge is 2.65. The van der Waals surface area contributed by atoms with Crippen LogP contribution >= 0.6 is 23.2 Å². The average molecular weight is 625 g/mol. The standard InChI is InChI=1S/C32H41Cl2F2N3O3/c1-5-22(33)24(35)10-6-9-20-28(29(41)37-13-7-8-18-11-12-19(40)14-18)39-27(17-31(2,3)4)32(20)21-15-25(36)23(34)16-26(21)38-30(32)42/h5-6,10,15-16,18-20,27-28,39-40H,1,7-9,11-14,17H2,2-4H3,(H,37,41)(H,38,42)/b10-6-,24-22-/t18-,19+,20?,27-,28-,32+/m1/s1. The maximum atomic E-state index is 14.9. The molecule has 2 aliphatic heterocycles. The Kier molecular flexibility index (Phi) is 10.2. The van der Waals surface area contributed by atoms with E-state index >= 15 is 0 Å². The average Bonchev–Trinajstić information content (AvgIpc) is 3.56. The van der Waals surface area contributed by atoms with Crippen LogP contribution in [0.5, 0.6) is 0 Å². The molecule has 2 heterocycles. The van der Waals surface area contributed by atoms with Crippen molar-refractivity contribution in [2.24, 2.45) is 17.3 Å². The van der Waals surface area contributed by atoms with Gasteiger partial charge in [-0.05, 0) is 86.1 Å². The van der Waals surface area contributed by atoms with E-state index in [-0.39, 0.29) is 39.8 Å². The Bertz CT molecular complexity index is 1280. The summed E-state index contributed by atoms with van der Waals surface area (Å²) in [7, 11) is 0. The van der Waals surface area contributed by atoms with Crippen molar-refractivity contribution in [1.29, 1.82) is 0 Å². The van der Waals surface area contributed by atoms with Crippen LogP contribution in [0.1, 0.15) is 71.3 Å². The van der Waals surface area contributed by atoms with Crippen LogP contribution in [0.25, 0.3) is 0 Å². The van der Waals surface area contributed by atoms with Gasteiger partial charge in [-0.15, -0.1) is 0 Å². The van der Waals surface area contributed by atoms with Gasteiger partial charge in [-0.1, -0.05) is 56.6 Å². The first-order valence-electron chi connectivity index (χ1n) is 14.6. The third kappa shape index (κ3) is 6.77. The van der Waals surface area contributed by atoms with Gasteiger partial charge in [-0.25, -0.2) is 8.78 Å². The fourth-order valence-corrected chi connectivity index (χ4v) is 7.20. The Labute approximate surface area is 257 Å². The third-order valence-electron chi connectivity index (χ3n) is 8.81.